The molecule has 7 unspecified atom stereocenters. The number of nitrogens with zero attached hydrogens (tertiary/aromatic N) is 2. The van der Waals surface area contributed by atoms with Gasteiger partial charge in [0.1, 0.15) is 0 Å². The van der Waals surface area contributed by atoms with Crippen LogP contribution in [0.2, 0.25) is 0 Å². The SMILES string of the molecule is CCC(C)(C)C1CCC(OCCCN2C3(CCC4N=C(C)SC4C3)S2(=O)=O)C(C(C)(C)CC)C1. The number of hydrogen-bond acceptors (Lipinski definition) is 5. The van der Waals surface area contributed by atoms with Crippen molar-refractivity contribution in [3.8, 4) is 0 Å². The molecule has 3 fully saturated rings. The fraction of sp³-hybridized carbons (Fsp3) is 0.963. The second-order valence-electron chi connectivity index (χ2n) is 12.7. The number of fused-ring (bicyclic) bond motifs is 1. The van der Waals surface area contributed by atoms with Crippen LogP contribution in [0.25, 0.3) is 0 Å². The summed E-state index contributed by atoms with van der Waals surface area (Å²) in [5, 5.41) is 1.45. The average molecular weight is 513 g/mol. The minimum Gasteiger partial charge on any atom is -0.378 e. The van der Waals surface area contributed by atoms with Crippen molar-refractivity contribution >= 4 is 26.8 Å². The fourth-order valence-corrected chi connectivity index (χ4v) is 10.7. The normalized spacial score (nSPS) is 39.7. The molecule has 2 heterocycles. The summed E-state index contributed by atoms with van der Waals surface area (Å²) in [5.74, 6) is 1.32. The first-order valence-electron chi connectivity index (χ1n) is 13.7. The van der Waals surface area contributed by atoms with Crippen LogP contribution in [0.4, 0.5) is 0 Å². The topological polar surface area (TPSA) is 58.7 Å². The van der Waals surface area contributed by atoms with Gasteiger partial charge in [-0.25, -0.2) is 8.42 Å². The van der Waals surface area contributed by atoms with Crippen LogP contribution in [-0.4, -0.2) is 53.2 Å². The van der Waals surface area contributed by atoms with Gasteiger partial charge in [-0.05, 0) is 74.5 Å². The molecule has 0 radical (unpaired) electrons. The molecule has 4 aliphatic rings. The van der Waals surface area contributed by atoms with Crippen molar-refractivity contribution in [3.05, 3.63) is 0 Å². The molecular weight excluding hydrogens is 464 g/mol. The monoisotopic (exact) mass is 512 g/mol. The molecule has 7 atom stereocenters. The van der Waals surface area contributed by atoms with Gasteiger partial charge in [-0.1, -0.05) is 54.4 Å². The summed E-state index contributed by atoms with van der Waals surface area (Å²) in [6, 6.07) is 0.322. The van der Waals surface area contributed by atoms with Gasteiger partial charge in [0.2, 0.25) is 10.0 Å². The maximum absolute atomic E-state index is 13.0. The van der Waals surface area contributed by atoms with Gasteiger partial charge >= 0.3 is 0 Å². The Bertz CT molecular complexity index is 884. The van der Waals surface area contributed by atoms with Crippen LogP contribution in [0.5, 0.6) is 0 Å². The van der Waals surface area contributed by atoms with Crippen molar-refractivity contribution in [1.29, 1.82) is 0 Å². The zero-order chi connectivity index (χ0) is 24.9. The number of rotatable bonds is 9. The van der Waals surface area contributed by atoms with E-state index in [-0.39, 0.29) is 5.41 Å². The highest BCUT2D eigenvalue weighted by Crippen LogP contribution is 2.57. The Morgan fingerprint density at radius 1 is 1.12 bits per heavy atom. The highest BCUT2D eigenvalue weighted by Gasteiger charge is 2.71. The molecule has 34 heavy (non-hydrogen) atoms. The number of hydrogen-bond donors (Lipinski definition) is 0. The van der Waals surface area contributed by atoms with Crippen LogP contribution in [0.3, 0.4) is 0 Å². The predicted molar refractivity (Wildman–Crippen MR) is 144 cm³/mol. The van der Waals surface area contributed by atoms with Crippen molar-refractivity contribution in [3.63, 3.8) is 0 Å². The Hall–Kier alpha value is -0.110. The lowest BCUT2D eigenvalue weighted by molar-refractivity contribution is -0.0806. The molecule has 0 N–H and O–H groups in total. The van der Waals surface area contributed by atoms with E-state index in [2.05, 4.69) is 48.5 Å². The first kappa shape index (κ1) is 26.9. The molecule has 1 saturated heterocycles. The van der Waals surface area contributed by atoms with Gasteiger partial charge in [0, 0.05) is 18.4 Å². The Kier molecular flexibility index (Phi) is 7.64. The van der Waals surface area contributed by atoms with E-state index >= 15 is 0 Å². The molecule has 7 heteroatoms. The molecule has 2 saturated carbocycles. The van der Waals surface area contributed by atoms with Crippen molar-refractivity contribution in [2.24, 2.45) is 27.7 Å². The molecule has 4 rings (SSSR count). The van der Waals surface area contributed by atoms with Gasteiger partial charge in [0.15, 0.2) is 4.87 Å². The van der Waals surface area contributed by atoms with E-state index in [0.717, 1.165) is 49.5 Å². The summed E-state index contributed by atoms with van der Waals surface area (Å²) in [6.07, 6.45) is 9.45. The van der Waals surface area contributed by atoms with Gasteiger partial charge < -0.3 is 4.74 Å². The molecule has 196 valence electrons. The molecule has 0 bridgehead atoms. The summed E-state index contributed by atoms with van der Waals surface area (Å²) in [6.45, 7) is 17.6. The van der Waals surface area contributed by atoms with Crippen LogP contribution in [0.15, 0.2) is 4.99 Å². The van der Waals surface area contributed by atoms with E-state index < -0.39 is 14.9 Å². The van der Waals surface area contributed by atoms with Crippen LogP contribution in [-0.2, 0) is 14.8 Å². The minimum atomic E-state index is -3.13. The van der Waals surface area contributed by atoms with Gasteiger partial charge in [-0.2, -0.15) is 4.31 Å². The van der Waals surface area contributed by atoms with Gasteiger partial charge in [-0.15, -0.1) is 11.8 Å². The van der Waals surface area contributed by atoms with Crippen LogP contribution >= 0.6 is 11.8 Å². The molecule has 5 nitrogen and oxygen atoms in total. The Labute approximate surface area is 213 Å². The highest BCUT2D eigenvalue weighted by molar-refractivity contribution is 8.14. The third-order valence-electron chi connectivity index (χ3n) is 10.2. The van der Waals surface area contributed by atoms with E-state index in [0.29, 0.717) is 41.9 Å². The number of sulfonamides is 1. The lowest BCUT2D eigenvalue weighted by Crippen LogP contribution is -2.43. The summed E-state index contributed by atoms with van der Waals surface area (Å²) >= 11 is 1.78. The van der Waals surface area contributed by atoms with Crippen LogP contribution in [0, 0.1) is 22.7 Å². The zero-order valence-electron chi connectivity index (χ0n) is 22.6. The number of ether oxygens (including phenoxy) is 1. The smallest absolute Gasteiger partial charge is 0.235 e. The fourth-order valence-electron chi connectivity index (χ4n) is 6.89. The van der Waals surface area contributed by atoms with Crippen molar-refractivity contribution in [2.45, 2.75) is 129 Å². The van der Waals surface area contributed by atoms with Crippen molar-refractivity contribution < 1.29 is 13.2 Å². The van der Waals surface area contributed by atoms with E-state index in [1.165, 1.54) is 19.3 Å². The van der Waals surface area contributed by atoms with E-state index in [9.17, 15) is 8.42 Å². The summed E-state index contributed by atoms with van der Waals surface area (Å²) in [5.41, 5.74) is 0.646. The van der Waals surface area contributed by atoms with Crippen LogP contribution in [0.1, 0.15) is 106 Å². The molecule has 1 spiro atoms. The minimum absolute atomic E-state index is 0.262. The maximum atomic E-state index is 13.0. The van der Waals surface area contributed by atoms with E-state index in [4.69, 9.17) is 9.73 Å². The van der Waals surface area contributed by atoms with Gasteiger partial charge in [0.25, 0.3) is 0 Å². The third-order valence-corrected chi connectivity index (χ3v) is 13.9. The maximum Gasteiger partial charge on any atom is 0.235 e. The molecular formula is C27H48N2O3S2. The Morgan fingerprint density at radius 3 is 2.50 bits per heavy atom. The summed E-state index contributed by atoms with van der Waals surface area (Å²) < 4.78 is 34.3. The highest BCUT2D eigenvalue weighted by atomic mass is 32.2. The second kappa shape index (κ2) is 9.64. The lowest BCUT2D eigenvalue weighted by Gasteiger charge is -2.48. The van der Waals surface area contributed by atoms with Crippen molar-refractivity contribution in [1.82, 2.24) is 4.31 Å². The first-order chi connectivity index (χ1) is 15.9. The molecule has 0 aromatic heterocycles. The summed E-state index contributed by atoms with van der Waals surface area (Å²) in [4.78, 5) is 4.10. The van der Waals surface area contributed by atoms with Gasteiger partial charge in [0.05, 0.1) is 17.2 Å². The average Bonchev–Trinajstić information content (AvgIpc) is 3.04. The number of aliphatic imine (C=N–C) groups is 1. The predicted octanol–water partition coefficient (Wildman–Crippen LogP) is 6.48. The zero-order valence-corrected chi connectivity index (χ0v) is 24.2. The number of thioether (sulfide) groups is 1. The van der Waals surface area contributed by atoms with E-state index in [1.807, 2.05) is 0 Å². The largest absolute Gasteiger partial charge is 0.378 e. The molecule has 0 amide bonds. The molecule has 0 aromatic carbocycles. The third kappa shape index (κ3) is 4.77. The van der Waals surface area contributed by atoms with Crippen molar-refractivity contribution in [2.75, 3.05) is 13.2 Å². The molecule has 2 aliphatic carbocycles. The second-order valence-corrected chi connectivity index (χ2v) is 16.3. The summed E-state index contributed by atoms with van der Waals surface area (Å²) in [7, 11) is -3.13. The standard InChI is InChI=1S/C27H48N2O3S2/c1-8-25(4,5)20-11-12-23(21(17-20)26(6,7)9-2)32-16-10-15-29-27(34(29,30)31)14-13-22-24(18-27)33-19(3)28-22/h20-24H,8-18H2,1-7H3. The Balaban J connectivity index is 1.31. The van der Waals surface area contributed by atoms with Crippen LogP contribution < -0.4 is 0 Å². The molecule has 0 aromatic rings. The quantitative estimate of drug-likeness (QED) is 0.262. The van der Waals surface area contributed by atoms with E-state index in [1.54, 1.807) is 16.1 Å². The Morgan fingerprint density at radius 2 is 1.82 bits per heavy atom. The van der Waals surface area contributed by atoms with Gasteiger partial charge in [-0.3, -0.25) is 4.99 Å². The lowest BCUT2D eigenvalue weighted by atomic mass is 9.60. The first-order valence-corrected chi connectivity index (χ1v) is 16.0. The molecule has 2 aliphatic heterocycles.